The van der Waals surface area contributed by atoms with Crippen LogP contribution in [0.2, 0.25) is 0 Å². The lowest BCUT2D eigenvalue weighted by atomic mass is 10.2. The van der Waals surface area contributed by atoms with E-state index in [1.807, 2.05) is 19.1 Å². The monoisotopic (exact) mass is 371 g/mol. The van der Waals surface area contributed by atoms with Crippen LogP contribution in [0.15, 0.2) is 24.3 Å². The molecular formula is C18H21N5O2S. The number of likely N-dealkylation sites (N-methyl/N-ethyl adjacent to an activating group) is 1. The van der Waals surface area contributed by atoms with Gasteiger partial charge in [0.25, 0.3) is 0 Å². The van der Waals surface area contributed by atoms with Crippen molar-refractivity contribution in [3.63, 3.8) is 0 Å². The molecule has 0 spiro atoms. The molecule has 0 unspecified atom stereocenters. The second kappa shape index (κ2) is 6.69. The third kappa shape index (κ3) is 3.17. The lowest BCUT2D eigenvalue weighted by Crippen LogP contribution is -2.44. The van der Waals surface area contributed by atoms with E-state index >= 15 is 0 Å². The second-order valence-electron chi connectivity index (χ2n) is 6.68. The maximum absolute atomic E-state index is 11.1. The predicted molar refractivity (Wildman–Crippen MR) is 102 cm³/mol. The Balaban J connectivity index is 1.64. The highest BCUT2D eigenvalue weighted by Gasteiger charge is 2.19. The maximum atomic E-state index is 11.1. The molecule has 3 aromatic rings. The number of benzene rings is 1. The Morgan fingerprint density at radius 1 is 1.27 bits per heavy atom. The smallest absolute Gasteiger partial charge is 0.356 e. The van der Waals surface area contributed by atoms with Crippen molar-refractivity contribution in [1.29, 1.82) is 0 Å². The van der Waals surface area contributed by atoms with E-state index in [1.165, 1.54) is 0 Å². The van der Waals surface area contributed by atoms with Crippen molar-refractivity contribution in [2.24, 2.45) is 0 Å². The van der Waals surface area contributed by atoms with Gasteiger partial charge in [0.15, 0.2) is 10.8 Å². The topological polar surface area (TPSA) is 74.5 Å². The van der Waals surface area contributed by atoms with Crippen LogP contribution in [0, 0.1) is 6.92 Å². The number of para-hydroxylation sites is 1. The molecule has 1 aliphatic rings. The van der Waals surface area contributed by atoms with Gasteiger partial charge in [-0.1, -0.05) is 23.5 Å². The number of rotatable bonds is 4. The van der Waals surface area contributed by atoms with Gasteiger partial charge in [0.05, 0.1) is 16.8 Å². The molecule has 2 aromatic heterocycles. The predicted octanol–water partition coefficient (Wildman–Crippen LogP) is 2.30. The Kier molecular flexibility index (Phi) is 4.37. The van der Waals surface area contributed by atoms with E-state index < -0.39 is 5.97 Å². The van der Waals surface area contributed by atoms with Gasteiger partial charge >= 0.3 is 5.97 Å². The van der Waals surface area contributed by atoms with Crippen LogP contribution in [0.1, 0.15) is 21.7 Å². The Labute approximate surface area is 155 Å². The Hall–Kier alpha value is -2.45. The lowest BCUT2D eigenvalue weighted by molar-refractivity contribution is 0.0689. The molecule has 0 radical (unpaired) electrons. The summed E-state index contributed by atoms with van der Waals surface area (Å²) in [6.07, 6.45) is 0. The Morgan fingerprint density at radius 3 is 2.73 bits per heavy atom. The van der Waals surface area contributed by atoms with Crippen molar-refractivity contribution in [3.8, 4) is 0 Å². The minimum absolute atomic E-state index is 0.0751. The summed E-state index contributed by atoms with van der Waals surface area (Å²) in [6, 6.07) is 7.76. The summed E-state index contributed by atoms with van der Waals surface area (Å²) in [5.41, 5.74) is 2.94. The normalized spacial score (nSPS) is 15.7. The molecule has 1 fully saturated rings. The standard InChI is InChI=1S/C18H21N5O2S/c1-12-10-14(17(24)25)20-23(12)11-13-4-3-5-15-16(13)19-18(26-15)22-8-6-21(2)7-9-22/h3-5,10H,6-9,11H2,1-2H3,(H,24,25). The number of carboxylic acid groups (broad SMARTS) is 1. The first-order chi connectivity index (χ1) is 12.5. The van der Waals surface area contributed by atoms with Gasteiger partial charge in [-0.3, -0.25) is 4.68 Å². The summed E-state index contributed by atoms with van der Waals surface area (Å²) in [5.74, 6) is -1.00. The van der Waals surface area contributed by atoms with Crippen molar-refractivity contribution >= 4 is 32.7 Å². The summed E-state index contributed by atoms with van der Waals surface area (Å²) in [5, 5.41) is 14.4. The number of aromatic nitrogens is 3. The molecule has 0 bridgehead atoms. The molecule has 8 heteroatoms. The minimum atomic E-state index is -1.00. The van der Waals surface area contributed by atoms with Gasteiger partial charge in [-0.05, 0) is 26.1 Å². The van der Waals surface area contributed by atoms with Crippen LogP contribution in [-0.4, -0.2) is 64.0 Å². The number of carbonyl (C=O) groups is 1. The van der Waals surface area contributed by atoms with Gasteiger partial charge in [-0.2, -0.15) is 5.10 Å². The first kappa shape index (κ1) is 17.0. The highest BCUT2D eigenvalue weighted by molar-refractivity contribution is 7.22. The van der Waals surface area contributed by atoms with E-state index in [2.05, 4.69) is 28.0 Å². The zero-order valence-corrected chi connectivity index (χ0v) is 15.7. The van der Waals surface area contributed by atoms with Crippen molar-refractivity contribution in [2.45, 2.75) is 13.5 Å². The van der Waals surface area contributed by atoms with Gasteiger partial charge in [0.2, 0.25) is 0 Å². The van der Waals surface area contributed by atoms with Crippen LogP contribution in [-0.2, 0) is 6.54 Å². The molecule has 0 atom stereocenters. The first-order valence-electron chi connectivity index (χ1n) is 8.61. The van der Waals surface area contributed by atoms with Crippen molar-refractivity contribution in [2.75, 3.05) is 38.1 Å². The molecular weight excluding hydrogens is 350 g/mol. The fraction of sp³-hybridized carbons (Fsp3) is 0.389. The highest BCUT2D eigenvalue weighted by Crippen LogP contribution is 2.31. The van der Waals surface area contributed by atoms with E-state index in [4.69, 9.17) is 10.1 Å². The molecule has 0 saturated carbocycles. The van der Waals surface area contributed by atoms with Gasteiger partial charge in [-0.25, -0.2) is 9.78 Å². The molecule has 1 N–H and O–H groups in total. The highest BCUT2D eigenvalue weighted by atomic mass is 32.1. The molecule has 4 rings (SSSR count). The van der Waals surface area contributed by atoms with Gasteiger partial charge in [-0.15, -0.1) is 0 Å². The fourth-order valence-corrected chi connectivity index (χ4v) is 4.26. The van der Waals surface area contributed by atoms with E-state index in [0.29, 0.717) is 6.54 Å². The number of aryl methyl sites for hydroxylation is 1. The molecule has 0 amide bonds. The van der Waals surface area contributed by atoms with Gasteiger partial charge < -0.3 is 14.9 Å². The average molecular weight is 371 g/mol. The summed E-state index contributed by atoms with van der Waals surface area (Å²) >= 11 is 1.72. The number of piperazine rings is 1. The molecule has 0 aliphatic carbocycles. The maximum Gasteiger partial charge on any atom is 0.356 e. The number of carboxylic acids is 1. The molecule has 7 nitrogen and oxygen atoms in total. The number of aromatic carboxylic acids is 1. The van der Waals surface area contributed by atoms with Crippen molar-refractivity contribution in [3.05, 3.63) is 41.2 Å². The van der Waals surface area contributed by atoms with E-state index in [0.717, 1.165) is 52.8 Å². The molecule has 26 heavy (non-hydrogen) atoms. The first-order valence-corrected chi connectivity index (χ1v) is 9.42. The number of anilines is 1. The largest absolute Gasteiger partial charge is 0.476 e. The van der Waals surface area contributed by atoms with Crippen LogP contribution < -0.4 is 4.90 Å². The molecule has 1 aromatic carbocycles. The lowest BCUT2D eigenvalue weighted by Gasteiger charge is -2.32. The molecule has 3 heterocycles. The van der Waals surface area contributed by atoms with Crippen molar-refractivity contribution in [1.82, 2.24) is 19.7 Å². The molecule has 1 aliphatic heterocycles. The zero-order chi connectivity index (χ0) is 18.3. The van der Waals surface area contributed by atoms with Crippen molar-refractivity contribution < 1.29 is 9.90 Å². The summed E-state index contributed by atoms with van der Waals surface area (Å²) in [7, 11) is 2.14. The van der Waals surface area contributed by atoms with E-state index in [9.17, 15) is 4.79 Å². The van der Waals surface area contributed by atoms with E-state index in [1.54, 1.807) is 22.1 Å². The van der Waals surface area contributed by atoms with Crippen LogP contribution in [0.5, 0.6) is 0 Å². The number of hydrogen-bond donors (Lipinski definition) is 1. The third-order valence-corrected chi connectivity index (χ3v) is 5.87. The zero-order valence-electron chi connectivity index (χ0n) is 14.8. The van der Waals surface area contributed by atoms with E-state index in [-0.39, 0.29) is 5.69 Å². The number of nitrogens with zero attached hydrogens (tertiary/aromatic N) is 5. The van der Waals surface area contributed by atoms with Crippen LogP contribution >= 0.6 is 11.3 Å². The average Bonchev–Trinajstić information content (AvgIpc) is 3.20. The Morgan fingerprint density at radius 2 is 2.04 bits per heavy atom. The second-order valence-corrected chi connectivity index (χ2v) is 7.69. The van der Waals surface area contributed by atoms with Gasteiger partial charge in [0, 0.05) is 37.4 Å². The summed E-state index contributed by atoms with van der Waals surface area (Å²) < 4.78 is 2.88. The SMILES string of the molecule is Cc1cc(C(=O)O)nn1Cc1cccc2sc(N3CCN(C)CC3)nc12. The fourth-order valence-electron chi connectivity index (χ4n) is 3.19. The number of hydrogen-bond acceptors (Lipinski definition) is 6. The summed E-state index contributed by atoms with van der Waals surface area (Å²) in [4.78, 5) is 20.7. The quantitative estimate of drug-likeness (QED) is 0.759. The van der Waals surface area contributed by atoms with Crippen LogP contribution in [0.3, 0.4) is 0 Å². The molecule has 136 valence electrons. The minimum Gasteiger partial charge on any atom is -0.476 e. The third-order valence-electron chi connectivity index (χ3n) is 4.79. The Bertz CT molecular complexity index is 956. The molecule has 1 saturated heterocycles. The van der Waals surface area contributed by atoms with Gasteiger partial charge in [0.1, 0.15) is 0 Å². The van der Waals surface area contributed by atoms with Crippen LogP contribution in [0.4, 0.5) is 5.13 Å². The number of fused-ring (bicyclic) bond motifs is 1. The summed E-state index contributed by atoms with van der Waals surface area (Å²) in [6.45, 7) is 6.47. The number of thiazole rings is 1. The van der Waals surface area contributed by atoms with Crippen LogP contribution in [0.25, 0.3) is 10.2 Å².